The van der Waals surface area contributed by atoms with Gasteiger partial charge in [0.05, 0.1) is 7.11 Å². The van der Waals surface area contributed by atoms with Gasteiger partial charge in [0, 0.05) is 12.5 Å². The SMILES string of the molecule is COc1cc(CNC(=O)C2Cc3ccccc3C2)ccc1O. The summed E-state index contributed by atoms with van der Waals surface area (Å²) in [5.41, 5.74) is 3.45. The molecule has 0 radical (unpaired) electrons. The Balaban J connectivity index is 1.60. The number of carbonyl (C=O) groups is 1. The van der Waals surface area contributed by atoms with Crippen molar-refractivity contribution in [3.8, 4) is 11.5 Å². The van der Waals surface area contributed by atoms with E-state index < -0.39 is 0 Å². The monoisotopic (exact) mass is 297 g/mol. The summed E-state index contributed by atoms with van der Waals surface area (Å²) >= 11 is 0. The molecule has 0 unspecified atom stereocenters. The number of hydrogen-bond donors (Lipinski definition) is 2. The molecule has 0 fully saturated rings. The third-order valence-electron chi connectivity index (χ3n) is 4.13. The Bertz CT molecular complexity index is 671. The number of methoxy groups -OCH3 is 1. The van der Waals surface area contributed by atoms with E-state index in [0.29, 0.717) is 12.3 Å². The summed E-state index contributed by atoms with van der Waals surface area (Å²) in [7, 11) is 1.51. The molecular formula is C18H19NO3. The Kier molecular flexibility index (Phi) is 4.00. The molecule has 0 atom stereocenters. The van der Waals surface area contributed by atoms with Gasteiger partial charge in [-0.3, -0.25) is 4.79 Å². The van der Waals surface area contributed by atoms with Crippen molar-refractivity contribution in [2.45, 2.75) is 19.4 Å². The van der Waals surface area contributed by atoms with Gasteiger partial charge in [-0.1, -0.05) is 30.3 Å². The molecule has 4 heteroatoms. The molecule has 2 N–H and O–H groups in total. The highest BCUT2D eigenvalue weighted by atomic mass is 16.5. The highest BCUT2D eigenvalue weighted by Gasteiger charge is 2.26. The van der Waals surface area contributed by atoms with Crippen LogP contribution in [0.1, 0.15) is 16.7 Å². The Morgan fingerprint density at radius 1 is 1.23 bits per heavy atom. The molecule has 0 saturated carbocycles. The number of fused-ring (bicyclic) bond motifs is 1. The number of hydrogen-bond acceptors (Lipinski definition) is 3. The topological polar surface area (TPSA) is 58.6 Å². The second-order valence-electron chi connectivity index (χ2n) is 5.60. The fraction of sp³-hybridized carbons (Fsp3) is 0.278. The van der Waals surface area contributed by atoms with Crippen LogP contribution in [0, 0.1) is 5.92 Å². The molecule has 1 amide bonds. The van der Waals surface area contributed by atoms with Gasteiger partial charge in [-0.2, -0.15) is 0 Å². The van der Waals surface area contributed by atoms with Gasteiger partial charge in [0.25, 0.3) is 0 Å². The molecule has 1 aliphatic rings. The highest BCUT2D eigenvalue weighted by Crippen LogP contribution is 2.28. The van der Waals surface area contributed by atoms with E-state index in [4.69, 9.17) is 4.74 Å². The molecule has 3 rings (SSSR count). The highest BCUT2D eigenvalue weighted by molar-refractivity contribution is 5.80. The molecule has 0 saturated heterocycles. The van der Waals surface area contributed by atoms with E-state index in [1.54, 1.807) is 18.2 Å². The molecular weight excluding hydrogens is 278 g/mol. The Morgan fingerprint density at radius 2 is 1.91 bits per heavy atom. The van der Waals surface area contributed by atoms with Crippen LogP contribution in [0.25, 0.3) is 0 Å². The van der Waals surface area contributed by atoms with Crippen molar-refractivity contribution in [1.82, 2.24) is 5.32 Å². The van der Waals surface area contributed by atoms with Crippen molar-refractivity contribution in [2.24, 2.45) is 5.92 Å². The molecule has 1 aliphatic carbocycles. The summed E-state index contributed by atoms with van der Waals surface area (Å²) in [5.74, 6) is 0.600. The average Bonchev–Trinajstić information content (AvgIpc) is 2.98. The normalized spacial score (nSPS) is 13.7. The number of ether oxygens (including phenoxy) is 1. The van der Waals surface area contributed by atoms with Crippen LogP contribution in [-0.2, 0) is 24.2 Å². The van der Waals surface area contributed by atoms with E-state index in [1.807, 2.05) is 12.1 Å². The Hall–Kier alpha value is -2.49. The van der Waals surface area contributed by atoms with Crippen molar-refractivity contribution in [2.75, 3.05) is 7.11 Å². The zero-order valence-electron chi connectivity index (χ0n) is 12.5. The molecule has 0 aliphatic heterocycles. The number of benzene rings is 2. The zero-order valence-corrected chi connectivity index (χ0v) is 12.5. The minimum atomic E-state index is 0.0106. The van der Waals surface area contributed by atoms with Crippen LogP contribution in [0.3, 0.4) is 0 Å². The van der Waals surface area contributed by atoms with Crippen LogP contribution in [0.4, 0.5) is 0 Å². The maximum atomic E-state index is 12.3. The summed E-state index contributed by atoms with van der Waals surface area (Å²) in [6.45, 7) is 0.433. The van der Waals surface area contributed by atoms with E-state index in [1.165, 1.54) is 18.2 Å². The summed E-state index contributed by atoms with van der Waals surface area (Å²) in [6, 6.07) is 13.3. The van der Waals surface area contributed by atoms with Gasteiger partial charge < -0.3 is 15.2 Å². The van der Waals surface area contributed by atoms with E-state index >= 15 is 0 Å². The molecule has 0 spiro atoms. The molecule has 4 nitrogen and oxygen atoms in total. The lowest BCUT2D eigenvalue weighted by Crippen LogP contribution is -2.30. The first-order chi connectivity index (χ1) is 10.7. The Morgan fingerprint density at radius 3 is 2.55 bits per heavy atom. The van der Waals surface area contributed by atoms with Gasteiger partial charge in [0.2, 0.25) is 5.91 Å². The van der Waals surface area contributed by atoms with Crippen molar-refractivity contribution in [3.63, 3.8) is 0 Å². The number of nitrogens with one attached hydrogen (secondary N) is 1. The molecule has 2 aromatic rings. The first kappa shape index (κ1) is 14.4. The standard InChI is InChI=1S/C18H19NO3/c1-22-17-8-12(6-7-16(17)20)11-19-18(21)15-9-13-4-2-3-5-14(13)10-15/h2-8,15,20H,9-11H2,1H3,(H,19,21). The summed E-state index contributed by atoms with van der Waals surface area (Å²) in [6.07, 6.45) is 1.61. The van der Waals surface area contributed by atoms with E-state index in [-0.39, 0.29) is 17.6 Å². The van der Waals surface area contributed by atoms with Crippen molar-refractivity contribution in [3.05, 3.63) is 59.2 Å². The maximum Gasteiger partial charge on any atom is 0.224 e. The lowest BCUT2D eigenvalue weighted by molar-refractivity contribution is -0.124. The largest absolute Gasteiger partial charge is 0.504 e. The molecule has 0 bridgehead atoms. The average molecular weight is 297 g/mol. The third-order valence-corrected chi connectivity index (χ3v) is 4.13. The Labute approximate surface area is 129 Å². The number of phenolic OH excluding ortho intramolecular Hbond substituents is 1. The number of aromatic hydroxyl groups is 1. The fourth-order valence-electron chi connectivity index (χ4n) is 2.91. The molecule has 0 aromatic heterocycles. The fourth-order valence-corrected chi connectivity index (χ4v) is 2.91. The van der Waals surface area contributed by atoms with Gasteiger partial charge in [0.15, 0.2) is 11.5 Å². The van der Waals surface area contributed by atoms with E-state index in [2.05, 4.69) is 17.4 Å². The van der Waals surface area contributed by atoms with Crippen LogP contribution in [0.5, 0.6) is 11.5 Å². The van der Waals surface area contributed by atoms with Gasteiger partial charge in [-0.25, -0.2) is 0 Å². The lowest BCUT2D eigenvalue weighted by atomic mass is 10.1. The summed E-state index contributed by atoms with van der Waals surface area (Å²) < 4.78 is 5.07. The zero-order chi connectivity index (χ0) is 15.5. The second-order valence-corrected chi connectivity index (χ2v) is 5.60. The maximum absolute atomic E-state index is 12.3. The minimum Gasteiger partial charge on any atom is -0.504 e. The number of phenols is 1. The minimum absolute atomic E-state index is 0.0106. The number of rotatable bonds is 4. The first-order valence-corrected chi connectivity index (χ1v) is 7.37. The smallest absolute Gasteiger partial charge is 0.224 e. The predicted molar refractivity (Wildman–Crippen MR) is 83.8 cm³/mol. The predicted octanol–water partition coefficient (Wildman–Crippen LogP) is 2.43. The van der Waals surface area contributed by atoms with Crippen LogP contribution in [0.2, 0.25) is 0 Å². The summed E-state index contributed by atoms with van der Waals surface area (Å²) in [4.78, 5) is 12.3. The van der Waals surface area contributed by atoms with Crippen molar-refractivity contribution >= 4 is 5.91 Å². The first-order valence-electron chi connectivity index (χ1n) is 7.37. The van der Waals surface area contributed by atoms with Crippen LogP contribution in [-0.4, -0.2) is 18.1 Å². The van der Waals surface area contributed by atoms with Crippen LogP contribution >= 0.6 is 0 Å². The lowest BCUT2D eigenvalue weighted by Gasteiger charge is -2.11. The summed E-state index contributed by atoms with van der Waals surface area (Å²) in [5, 5.41) is 12.5. The molecule has 22 heavy (non-hydrogen) atoms. The molecule has 0 heterocycles. The molecule has 2 aromatic carbocycles. The van der Waals surface area contributed by atoms with Crippen LogP contribution in [0.15, 0.2) is 42.5 Å². The van der Waals surface area contributed by atoms with Gasteiger partial charge in [-0.15, -0.1) is 0 Å². The van der Waals surface area contributed by atoms with Gasteiger partial charge in [-0.05, 0) is 41.7 Å². The number of carbonyl (C=O) groups excluding carboxylic acids is 1. The molecule has 114 valence electrons. The van der Waals surface area contributed by atoms with E-state index in [9.17, 15) is 9.90 Å². The van der Waals surface area contributed by atoms with E-state index in [0.717, 1.165) is 18.4 Å². The number of amides is 1. The van der Waals surface area contributed by atoms with Crippen molar-refractivity contribution < 1.29 is 14.6 Å². The van der Waals surface area contributed by atoms with Gasteiger partial charge in [0.1, 0.15) is 0 Å². The second kappa shape index (κ2) is 6.10. The van der Waals surface area contributed by atoms with Gasteiger partial charge >= 0.3 is 0 Å². The third kappa shape index (κ3) is 2.91. The van der Waals surface area contributed by atoms with Crippen molar-refractivity contribution in [1.29, 1.82) is 0 Å². The quantitative estimate of drug-likeness (QED) is 0.911. The van der Waals surface area contributed by atoms with Crippen LogP contribution < -0.4 is 10.1 Å².